The summed E-state index contributed by atoms with van der Waals surface area (Å²) in [7, 11) is 0. The van der Waals surface area contributed by atoms with E-state index in [1.54, 1.807) is 18.2 Å². The zero-order chi connectivity index (χ0) is 21.7. The highest BCUT2D eigenvalue weighted by molar-refractivity contribution is 6.33. The molecule has 0 aliphatic carbocycles. The molecule has 0 saturated heterocycles. The van der Waals surface area contributed by atoms with E-state index in [9.17, 15) is 14.0 Å². The highest BCUT2D eigenvalue weighted by atomic mass is 35.5. The van der Waals surface area contributed by atoms with Crippen LogP contribution in [0, 0.1) is 5.82 Å². The van der Waals surface area contributed by atoms with E-state index in [4.69, 9.17) is 20.8 Å². The Morgan fingerprint density at radius 3 is 2.87 bits per heavy atom. The maximum Gasteiger partial charge on any atom is 0.336 e. The first-order valence-electron chi connectivity index (χ1n) is 9.39. The summed E-state index contributed by atoms with van der Waals surface area (Å²) in [6, 6.07) is 10.8. The van der Waals surface area contributed by atoms with Gasteiger partial charge >= 0.3 is 5.63 Å². The monoisotopic (exact) mass is 430 g/mol. The molecule has 1 atom stereocenters. The maximum atomic E-state index is 13.7. The fourth-order valence-corrected chi connectivity index (χ4v) is 3.11. The van der Waals surface area contributed by atoms with Crippen molar-refractivity contribution in [1.82, 2.24) is 5.43 Å². The first-order valence-corrected chi connectivity index (χ1v) is 9.77. The van der Waals surface area contributed by atoms with Crippen LogP contribution in [0.15, 0.2) is 56.8 Å². The molecule has 0 bridgehead atoms. The summed E-state index contributed by atoms with van der Waals surface area (Å²) in [5.41, 5.74) is 3.22. The fraction of sp³-hybridized carbons (Fsp3) is 0.227. The summed E-state index contributed by atoms with van der Waals surface area (Å²) < 4.78 is 24.6. The summed E-state index contributed by atoms with van der Waals surface area (Å²) in [6.07, 6.45) is 1.88. The summed E-state index contributed by atoms with van der Waals surface area (Å²) in [5, 5.41) is 4.73. The Morgan fingerprint density at radius 1 is 1.33 bits per heavy atom. The van der Waals surface area contributed by atoms with Crippen LogP contribution in [0.5, 0.6) is 5.75 Å². The van der Waals surface area contributed by atoms with Gasteiger partial charge in [0.05, 0.1) is 11.2 Å². The van der Waals surface area contributed by atoms with Crippen LogP contribution in [0.25, 0.3) is 11.0 Å². The number of hydrazone groups is 1. The van der Waals surface area contributed by atoms with Gasteiger partial charge in [0.25, 0.3) is 5.91 Å². The molecule has 1 heterocycles. The quantitative estimate of drug-likeness (QED) is 0.341. The van der Waals surface area contributed by atoms with Gasteiger partial charge in [0.1, 0.15) is 17.1 Å². The van der Waals surface area contributed by atoms with Gasteiger partial charge in [-0.15, -0.1) is 0 Å². The van der Waals surface area contributed by atoms with E-state index >= 15 is 0 Å². The number of carbonyl (C=O) groups is 1. The van der Waals surface area contributed by atoms with Gasteiger partial charge in [0.15, 0.2) is 6.10 Å². The number of nitrogens with one attached hydrogen (secondary N) is 1. The van der Waals surface area contributed by atoms with Gasteiger partial charge in [-0.05, 0) is 43.2 Å². The standard InChI is InChI=1S/C22H20ClFN2O4/c1-3-5-14-10-21(27)30-20-11-15(8-9-16(14)20)29-13(2)22(28)26-25-12-17-18(23)6-4-7-19(17)24/h4,6-13H,3,5H2,1-2H3,(H,26,28)/b25-12-. The predicted molar refractivity (Wildman–Crippen MR) is 114 cm³/mol. The number of hydrogen-bond donors (Lipinski definition) is 1. The van der Waals surface area contributed by atoms with Crippen molar-refractivity contribution in [3.63, 3.8) is 0 Å². The van der Waals surface area contributed by atoms with E-state index in [2.05, 4.69) is 10.5 Å². The molecule has 1 N–H and O–H groups in total. The number of halogens is 2. The fourth-order valence-electron chi connectivity index (χ4n) is 2.90. The number of benzene rings is 2. The zero-order valence-corrected chi connectivity index (χ0v) is 17.2. The topological polar surface area (TPSA) is 80.9 Å². The van der Waals surface area contributed by atoms with Crippen molar-refractivity contribution in [2.75, 3.05) is 0 Å². The number of nitrogens with zero attached hydrogens (tertiary/aromatic N) is 1. The van der Waals surface area contributed by atoms with Crippen molar-refractivity contribution in [1.29, 1.82) is 0 Å². The van der Waals surface area contributed by atoms with E-state index in [1.807, 2.05) is 6.92 Å². The molecule has 0 spiro atoms. The van der Waals surface area contributed by atoms with Crippen LogP contribution in [0.2, 0.25) is 5.02 Å². The van der Waals surface area contributed by atoms with Gasteiger partial charge in [0, 0.05) is 23.1 Å². The number of carbonyl (C=O) groups excluding carboxylic acids is 1. The third kappa shape index (κ3) is 5.04. The SMILES string of the molecule is CCCc1cc(=O)oc2cc(OC(C)C(=O)N/N=C\c3c(F)cccc3Cl)ccc12. The Kier molecular flexibility index (Phi) is 6.84. The lowest BCUT2D eigenvalue weighted by Crippen LogP contribution is -2.33. The van der Waals surface area contributed by atoms with Crippen molar-refractivity contribution < 1.29 is 18.3 Å². The lowest BCUT2D eigenvalue weighted by Gasteiger charge is -2.13. The van der Waals surface area contributed by atoms with E-state index in [0.717, 1.165) is 30.0 Å². The average Bonchev–Trinajstić information content (AvgIpc) is 2.70. The molecular formula is C22H20ClFN2O4. The molecule has 0 saturated carbocycles. The van der Waals surface area contributed by atoms with Crippen LogP contribution < -0.4 is 15.8 Å². The van der Waals surface area contributed by atoms with Gasteiger partial charge in [-0.3, -0.25) is 4.79 Å². The smallest absolute Gasteiger partial charge is 0.336 e. The number of aryl methyl sites for hydroxylation is 1. The Balaban J connectivity index is 1.70. The van der Waals surface area contributed by atoms with Crippen LogP contribution in [0.3, 0.4) is 0 Å². The minimum Gasteiger partial charge on any atom is -0.481 e. The first kappa shape index (κ1) is 21.5. The summed E-state index contributed by atoms with van der Waals surface area (Å²) in [6.45, 7) is 3.57. The van der Waals surface area contributed by atoms with Crippen molar-refractivity contribution in [3.05, 3.63) is 74.9 Å². The Bertz CT molecular complexity index is 1140. The second kappa shape index (κ2) is 9.54. The van der Waals surface area contributed by atoms with Crippen molar-refractivity contribution in [3.8, 4) is 5.75 Å². The molecule has 6 nitrogen and oxygen atoms in total. The summed E-state index contributed by atoms with van der Waals surface area (Å²) >= 11 is 5.90. The van der Waals surface area contributed by atoms with E-state index in [1.165, 1.54) is 31.2 Å². The minimum absolute atomic E-state index is 0.0699. The van der Waals surface area contributed by atoms with Gasteiger partial charge in [-0.25, -0.2) is 14.6 Å². The van der Waals surface area contributed by atoms with Crippen LogP contribution in [-0.4, -0.2) is 18.2 Å². The largest absolute Gasteiger partial charge is 0.481 e. The third-order valence-corrected chi connectivity index (χ3v) is 4.70. The highest BCUT2D eigenvalue weighted by Crippen LogP contribution is 2.24. The third-order valence-electron chi connectivity index (χ3n) is 4.37. The van der Waals surface area contributed by atoms with Gasteiger partial charge in [-0.1, -0.05) is 31.0 Å². The molecule has 1 amide bonds. The molecule has 156 valence electrons. The molecule has 1 aromatic heterocycles. The molecule has 30 heavy (non-hydrogen) atoms. The van der Waals surface area contributed by atoms with Gasteiger partial charge in [0.2, 0.25) is 0 Å². The summed E-state index contributed by atoms with van der Waals surface area (Å²) in [4.78, 5) is 24.0. The zero-order valence-electron chi connectivity index (χ0n) is 16.4. The Morgan fingerprint density at radius 2 is 2.13 bits per heavy atom. The van der Waals surface area contributed by atoms with Gasteiger partial charge in [-0.2, -0.15) is 5.10 Å². The normalized spacial score (nSPS) is 12.3. The highest BCUT2D eigenvalue weighted by Gasteiger charge is 2.15. The molecule has 0 radical (unpaired) electrons. The van der Waals surface area contributed by atoms with Crippen molar-refractivity contribution in [2.45, 2.75) is 32.8 Å². The van der Waals surface area contributed by atoms with E-state index in [-0.39, 0.29) is 10.6 Å². The van der Waals surface area contributed by atoms with Gasteiger partial charge < -0.3 is 9.15 Å². The molecule has 0 fully saturated rings. The van der Waals surface area contributed by atoms with Crippen LogP contribution in [0.1, 0.15) is 31.4 Å². The Hall–Kier alpha value is -3.19. The molecular weight excluding hydrogens is 411 g/mol. The molecule has 0 aliphatic heterocycles. The second-order valence-electron chi connectivity index (χ2n) is 6.63. The lowest BCUT2D eigenvalue weighted by molar-refractivity contribution is -0.127. The molecule has 0 aliphatic rings. The number of fused-ring (bicyclic) bond motifs is 1. The average molecular weight is 431 g/mol. The lowest BCUT2D eigenvalue weighted by atomic mass is 10.1. The first-order chi connectivity index (χ1) is 14.4. The maximum absolute atomic E-state index is 13.7. The van der Waals surface area contributed by atoms with Crippen molar-refractivity contribution >= 4 is 34.7 Å². The van der Waals surface area contributed by atoms with Crippen LogP contribution >= 0.6 is 11.6 Å². The minimum atomic E-state index is -0.902. The molecule has 1 unspecified atom stereocenters. The molecule has 3 aromatic rings. The molecule has 2 aromatic carbocycles. The Labute approximate surface area is 177 Å². The van der Waals surface area contributed by atoms with E-state index < -0.39 is 23.5 Å². The van der Waals surface area contributed by atoms with Crippen LogP contribution in [-0.2, 0) is 11.2 Å². The number of hydrogen-bond acceptors (Lipinski definition) is 5. The summed E-state index contributed by atoms with van der Waals surface area (Å²) in [5.74, 6) is -0.729. The van der Waals surface area contributed by atoms with Crippen molar-refractivity contribution in [2.24, 2.45) is 5.10 Å². The molecule has 8 heteroatoms. The number of ether oxygens (including phenoxy) is 1. The number of amides is 1. The van der Waals surface area contributed by atoms with Crippen LogP contribution in [0.4, 0.5) is 4.39 Å². The van der Waals surface area contributed by atoms with E-state index in [0.29, 0.717) is 11.3 Å². The molecule has 3 rings (SSSR count). The number of rotatable bonds is 7. The predicted octanol–water partition coefficient (Wildman–Crippen LogP) is 4.46. The second-order valence-corrected chi connectivity index (χ2v) is 7.04.